The lowest BCUT2D eigenvalue weighted by Gasteiger charge is -2.54. The molecule has 1 N–H and O–H groups in total. The predicted molar refractivity (Wildman–Crippen MR) is 69.4 cm³/mol. The minimum atomic E-state index is -0.387. The molecule has 3 aliphatic rings. The first kappa shape index (κ1) is 12.3. The summed E-state index contributed by atoms with van der Waals surface area (Å²) in [6.45, 7) is 9.74. The van der Waals surface area contributed by atoms with Crippen LogP contribution in [-0.4, -0.2) is 42.8 Å². The van der Waals surface area contributed by atoms with Crippen molar-refractivity contribution in [3.63, 3.8) is 0 Å². The molecule has 3 rings (SSSR count). The zero-order valence-corrected chi connectivity index (χ0v) is 11.7. The molecule has 2 aliphatic heterocycles. The molecule has 0 unspecified atom stereocenters. The molecule has 2 spiro atoms. The number of amides is 1. The Balaban J connectivity index is 1.54. The number of likely N-dealkylation sites (tertiary alicyclic amines) is 1. The average molecular weight is 252 g/mol. The second-order valence-corrected chi connectivity index (χ2v) is 7.62. The Kier molecular flexibility index (Phi) is 2.47. The summed E-state index contributed by atoms with van der Waals surface area (Å²) in [6.07, 6.45) is 3.89. The van der Waals surface area contributed by atoms with Gasteiger partial charge >= 0.3 is 6.09 Å². The molecule has 0 bridgehead atoms. The van der Waals surface area contributed by atoms with E-state index in [-0.39, 0.29) is 11.7 Å². The van der Waals surface area contributed by atoms with Crippen LogP contribution in [0.2, 0.25) is 0 Å². The van der Waals surface area contributed by atoms with Crippen molar-refractivity contribution in [1.82, 2.24) is 10.2 Å². The van der Waals surface area contributed by atoms with Gasteiger partial charge in [0.15, 0.2) is 0 Å². The summed E-state index contributed by atoms with van der Waals surface area (Å²) in [5, 5.41) is 3.56. The monoisotopic (exact) mass is 252 g/mol. The third-order valence-electron chi connectivity index (χ3n) is 4.41. The summed E-state index contributed by atoms with van der Waals surface area (Å²) in [5.41, 5.74) is 0.534. The minimum Gasteiger partial charge on any atom is -0.444 e. The fourth-order valence-corrected chi connectivity index (χ4v) is 3.49. The van der Waals surface area contributed by atoms with Gasteiger partial charge in [-0.2, -0.15) is 0 Å². The van der Waals surface area contributed by atoms with Gasteiger partial charge in [0.2, 0.25) is 0 Å². The lowest BCUT2D eigenvalue weighted by Crippen LogP contribution is -2.65. The second kappa shape index (κ2) is 3.62. The summed E-state index contributed by atoms with van der Waals surface area (Å²) >= 11 is 0. The van der Waals surface area contributed by atoms with Crippen molar-refractivity contribution < 1.29 is 9.53 Å². The largest absolute Gasteiger partial charge is 0.444 e. The van der Waals surface area contributed by atoms with Crippen LogP contribution in [0.25, 0.3) is 0 Å². The van der Waals surface area contributed by atoms with Crippen LogP contribution in [-0.2, 0) is 4.74 Å². The first-order valence-electron chi connectivity index (χ1n) is 7.00. The molecule has 0 aromatic heterocycles. The normalized spacial score (nSPS) is 28.1. The first-order valence-corrected chi connectivity index (χ1v) is 7.00. The van der Waals surface area contributed by atoms with Crippen LogP contribution < -0.4 is 5.32 Å². The molecule has 1 saturated carbocycles. The fraction of sp³-hybridized carbons (Fsp3) is 0.929. The molecule has 3 fully saturated rings. The van der Waals surface area contributed by atoms with Crippen LogP contribution in [0.5, 0.6) is 0 Å². The third kappa shape index (κ3) is 2.22. The van der Waals surface area contributed by atoms with Gasteiger partial charge in [0, 0.05) is 31.6 Å². The summed E-state index contributed by atoms with van der Waals surface area (Å²) in [4.78, 5) is 13.8. The van der Waals surface area contributed by atoms with Crippen molar-refractivity contribution in [2.45, 2.75) is 45.6 Å². The van der Waals surface area contributed by atoms with Gasteiger partial charge in [-0.1, -0.05) is 0 Å². The minimum absolute atomic E-state index is 0.149. The van der Waals surface area contributed by atoms with E-state index in [1.807, 2.05) is 25.7 Å². The summed E-state index contributed by atoms with van der Waals surface area (Å²) < 4.78 is 5.41. The van der Waals surface area contributed by atoms with Crippen LogP contribution in [0.4, 0.5) is 4.79 Å². The maximum atomic E-state index is 11.9. The van der Waals surface area contributed by atoms with Crippen molar-refractivity contribution >= 4 is 6.09 Å². The van der Waals surface area contributed by atoms with Crippen LogP contribution in [0.15, 0.2) is 0 Å². The average Bonchev–Trinajstić information content (AvgIpc) is 2.91. The van der Waals surface area contributed by atoms with Crippen LogP contribution >= 0.6 is 0 Å². The molecule has 0 radical (unpaired) electrons. The molecular weight excluding hydrogens is 228 g/mol. The Hall–Kier alpha value is -0.770. The SMILES string of the molecule is CC(C)(C)OC(=O)N1CC2(CNCC3(CC3)C2)C1. The van der Waals surface area contributed by atoms with E-state index in [1.165, 1.54) is 25.8 Å². The van der Waals surface area contributed by atoms with E-state index >= 15 is 0 Å². The Morgan fingerprint density at radius 2 is 1.78 bits per heavy atom. The summed E-state index contributed by atoms with van der Waals surface area (Å²) in [7, 11) is 0. The van der Waals surface area contributed by atoms with Crippen molar-refractivity contribution in [1.29, 1.82) is 0 Å². The molecule has 4 heteroatoms. The van der Waals surface area contributed by atoms with E-state index in [0.29, 0.717) is 10.8 Å². The maximum Gasteiger partial charge on any atom is 0.410 e. The van der Waals surface area contributed by atoms with Gasteiger partial charge in [0.05, 0.1) is 0 Å². The van der Waals surface area contributed by atoms with Gasteiger partial charge < -0.3 is 15.0 Å². The Morgan fingerprint density at radius 3 is 2.33 bits per heavy atom. The fourth-order valence-electron chi connectivity index (χ4n) is 3.49. The number of carbonyl (C=O) groups is 1. The summed E-state index contributed by atoms with van der Waals surface area (Å²) in [5.74, 6) is 0. The molecule has 0 atom stereocenters. The zero-order chi connectivity index (χ0) is 13.0. The van der Waals surface area contributed by atoms with E-state index in [2.05, 4.69) is 5.32 Å². The third-order valence-corrected chi connectivity index (χ3v) is 4.41. The molecule has 2 saturated heterocycles. The van der Waals surface area contributed by atoms with E-state index < -0.39 is 0 Å². The number of ether oxygens (including phenoxy) is 1. The smallest absolute Gasteiger partial charge is 0.410 e. The lowest BCUT2D eigenvalue weighted by atomic mass is 9.69. The van der Waals surface area contributed by atoms with Crippen LogP contribution in [0, 0.1) is 10.8 Å². The highest BCUT2D eigenvalue weighted by Gasteiger charge is 2.56. The van der Waals surface area contributed by atoms with E-state index in [9.17, 15) is 4.79 Å². The molecule has 4 nitrogen and oxygen atoms in total. The number of piperidine rings is 1. The van der Waals surface area contributed by atoms with E-state index in [1.54, 1.807) is 0 Å². The number of nitrogens with zero attached hydrogens (tertiary/aromatic N) is 1. The number of nitrogens with one attached hydrogen (secondary N) is 1. The standard InChI is InChI=1S/C14H24N2O2/c1-12(2,3)18-11(17)16-9-14(10-16)6-13(4-5-13)7-15-8-14/h15H,4-10H2,1-3H3. The van der Waals surface area contributed by atoms with E-state index in [4.69, 9.17) is 4.74 Å². The number of rotatable bonds is 0. The molecule has 1 aliphatic carbocycles. The van der Waals surface area contributed by atoms with Gasteiger partial charge in [0.25, 0.3) is 0 Å². The highest BCUT2D eigenvalue weighted by molar-refractivity contribution is 5.69. The number of carbonyl (C=O) groups excluding carboxylic acids is 1. The predicted octanol–water partition coefficient (Wildman–Crippen LogP) is 2.00. The topological polar surface area (TPSA) is 41.6 Å². The molecule has 0 aromatic carbocycles. The van der Waals surface area contributed by atoms with Gasteiger partial charge in [-0.3, -0.25) is 0 Å². The molecular formula is C14H24N2O2. The highest BCUT2D eigenvalue weighted by Crippen LogP contribution is 2.56. The Bertz CT molecular complexity index is 362. The summed E-state index contributed by atoms with van der Waals surface area (Å²) in [6, 6.07) is 0. The molecule has 102 valence electrons. The van der Waals surface area contributed by atoms with Crippen molar-refractivity contribution in [3.05, 3.63) is 0 Å². The highest BCUT2D eigenvalue weighted by atomic mass is 16.6. The van der Waals surface area contributed by atoms with Gasteiger partial charge in [0.1, 0.15) is 5.60 Å². The van der Waals surface area contributed by atoms with Gasteiger partial charge in [-0.15, -0.1) is 0 Å². The quantitative estimate of drug-likeness (QED) is 0.717. The lowest BCUT2D eigenvalue weighted by molar-refractivity contribution is -0.0538. The maximum absolute atomic E-state index is 11.9. The molecule has 18 heavy (non-hydrogen) atoms. The Morgan fingerprint density at radius 1 is 1.17 bits per heavy atom. The molecule has 1 amide bonds. The molecule has 2 heterocycles. The first-order chi connectivity index (χ1) is 8.32. The van der Waals surface area contributed by atoms with Crippen molar-refractivity contribution in [2.24, 2.45) is 10.8 Å². The number of hydrogen-bond donors (Lipinski definition) is 1. The van der Waals surface area contributed by atoms with Crippen molar-refractivity contribution in [2.75, 3.05) is 26.2 Å². The zero-order valence-electron chi connectivity index (χ0n) is 11.7. The Labute approximate surface area is 109 Å². The second-order valence-electron chi connectivity index (χ2n) is 7.62. The molecule has 0 aromatic rings. The van der Waals surface area contributed by atoms with Crippen LogP contribution in [0.3, 0.4) is 0 Å². The van der Waals surface area contributed by atoms with Gasteiger partial charge in [-0.25, -0.2) is 4.79 Å². The van der Waals surface area contributed by atoms with Gasteiger partial charge in [-0.05, 0) is 45.4 Å². The van der Waals surface area contributed by atoms with Crippen LogP contribution in [0.1, 0.15) is 40.0 Å². The van der Waals surface area contributed by atoms with Crippen molar-refractivity contribution in [3.8, 4) is 0 Å². The number of hydrogen-bond acceptors (Lipinski definition) is 3. The van der Waals surface area contributed by atoms with E-state index in [0.717, 1.165) is 19.6 Å².